The van der Waals surface area contributed by atoms with E-state index in [1.807, 2.05) is 6.92 Å². The third-order valence-electron chi connectivity index (χ3n) is 17.7. The summed E-state index contributed by atoms with van der Waals surface area (Å²) < 4.78 is 138. The SMILES string of the molecule is CC[NH+](CC)CC.CC[NH+](CC)CC.CC[NH+](CC)CC.Cc1ccc(S(=O)(=O)OCCOCn2cnc3c(N)ncnc32)cc1.Nc1ncnc2c1ncn2COCCO.Nc1ncnc2c1ncn2COCCOP(=O)([O-])C(Cl)(Cl)P(=O)([O-])[O-].Nc1ncnc2c1ncn2COCCOP(=O)([O-])CP(=O)([O-])O.Nc1ncnc2c1ncn2COCCOP(=O)([O-])CP(=O)([O-])[O-].[Na+].[Na+].[Na+].[Na+].[Na+].[Na+]. The predicted molar refractivity (Wildman–Crippen MR) is 467 cm³/mol. The van der Waals surface area contributed by atoms with Crippen LogP contribution in [0.1, 0.15) is 67.9 Å². The number of imidazole rings is 5. The van der Waals surface area contributed by atoms with Gasteiger partial charge >= 0.3 is 177 Å². The van der Waals surface area contributed by atoms with Gasteiger partial charge in [0.2, 0.25) is 3.82 Å². The Hall–Kier alpha value is -2.00. The van der Waals surface area contributed by atoms with Crippen molar-refractivity contribution in [2.24, 2.45) is 0 Å². The summed E-state index contributed by atoms with van der Waals surface area (Å²) in [5.41, 5.74) is 33.8. The second-order valence-electron chi connectivity index (χ2n) is 26.9. The Morgan fingerprint density at radius 3 is 0.855 bits per heavy atom. The van der Waals surface area contributed by atoms with Crippen LogP contribution in [0.4, 0.5) is 29.1 Å². The van der Waals surface area contributed by atoms with Crippen LogP contribution < -0.4 is 260 Å². The Morgan fingerprint density at radius 1 is 0.377 bits per heavy atom. The minimum Gasteiger partial charge on any atom is -0.810 e. The van der Waals surface area contributed by atoms with E-state index in [-0.39, 0.29) is 285 Å². The van der Waals surface area contributed by atoms with Crippen LogP contribution in [0.15, 0.2) is 92.4 Å². The maximum atomic E-state index is 12.0. The molecule has 0 radical (unpaired) electrons. The van der Waals surface area contributed by atoms with Gasteiger partial charge in [-0.3, -0.25) is 27.0 Å². The minimum atomic E-state index is -5.87. The van der Waals surface area contributed by atoms with Crippen molar-refractivity contribution in [1.82, 2.24) is 97.6 Å². The number of nitrogen functional groups attached to an aromatic ring is 5. The first-order valence-corrected chi connectivity index (χ1v) is 52.2. The molecule has 70 heteroatoms. The van der Waals surface area contributed by atoms with E-state index in [0.717, 1.165) is 5.56 Å². The van der Waals surface area contributed by atoms with Crippen LogP contribution in [0.3, 0.4) is 0 Å². The Morgan fingerprint density at radius 2 is 0.623 bits per heavy atom. The molecule has 10 heterocycles. The number of benzene rings is 1. The van der Waals surface area contributed by atoms with Gasteiger partial charge in [-0.15, -0.1) is 0 Å². The molecule has 0 bridgehead atoms. The molecule has 1 aromatic carbocycles. The van der Waals surface area contributed by atoms with Gasteiger partial charge in [0, 0.05) is 5.90 Å². The van der Waals surface area contributed by atoms with E-state index in [4.69, 9.17) is 89.7 Å². The Bertz CT molecular complexity index is 5560. The van der Waals surface area contributed by atoms with Gasteiger partial charge in [-0.2, -0.15) is 8.42 Å². The second kappa shape index (κ2) is 70.8. The molecule has 0 aliphatic heterocycles. The number of aliphatic hydroxyl groups is 1. The van der Waals surface area contributed by atoms with Crippen molar-refractivity contribution in [3.63, 3.8) is 0 Å². The number of aromatic nitrogens is 20. The van der Waals surface area contributed by atoms with E-state index in [9.17, 15) is 75.0 Å². The third-order valence-corrected chi connectivity index (χ3v) is 31.5. The van der Waals surface area contributed by atoms with Gasteiger partial charge in [0.25, 0.3) is 10.1 Å². The van der Waals surface area contributed by atoms with Gasteiger partial charge in [0.15, 0.2) is 64.9 Å². The summed E-state index contributed by atoms with van der Waals surface area (Å²) in [6.45, 7) is 31.9. The number of quaternary nitrogens is 3. The fraction of sp³-hybridized carbons (Fsp3) is 0.544. The molecule has 740 valence electrons. The average molecular weight is 2180 g/mol. The van der Waals surface area contributed by atoms with E-state index in [2.05, 4.69) is 151 Å². The summed E-state index contributed by atoms with van der Waals surface area (Å²) >= 11 is 10.2. The fourth-order valence-electron chi connectivity index (χ4n) is 10.5. The molecule has 4 unspecified atom stereocenters. The van der Waals surface area contributed by atoms with Crippen molar-refractivity contribution in [3.8, 4) is 0 Å². The average Bonchev–Trinajstić information content (AvgIpc) is 1.29. The molecule has 55 nitrogen and oxygen atoms in total. The number of ether oxygens (including phenoxy) is 5. The summed E-state index contributed by atoms with van der Waals surface area (Å²) in [6, 6.07) is 6.44. The van der Waals surface area contributed by atoms with Gasteiger partial charge in [0.1, 0.15) is 116 Å². The summed E-state index contributed by atoms with van der Waals surface area (Å²) in [6.07, 6.45) is 13.8. The summed E-state index contributed by atoms with van der Waals surface area (Å²) in [5, 5.41) is 8.56. The first kappa shape index (κ1) is 140. The van der Waals surface area contributed by atoms with Crippen LogP contribution in [0.25, 0.3) is 55.8 Å². The van der Waals surface area contributed by atoms with Crippen LogP contribution >= 0.6 is 68.8 Å². The molecule has 0 aliphatic rings. The molecule has 10 aromatic heterocycles. The van der Waals surface area contributed by atoms with E-state index in [0.29, 0.717) is 61.6 Å². The minimum absolute atomic E-state index is 0. The zero-order valence-corrected chi connectivity index (χ0v) is 99.4. The molecule has 0 saturated carbocycles. The number of rotatable bonds is 44. The number of nitrogens with zero attached hydrogens (tertiary/aromatic N) is 20. The summed E-state index contributed by atoms with van der Waals surface area (Å²) in [7, 11) is -34.6. The summed E-state index contributed by atoms with van der Waals surface area (Å²) in [4.78, 5) is 160. The van der Waals surface area contributed by atoms with Crippen LogP contribution in [0.5, 0.6) is 0 Å². The van der Waals surface area contributed by atoms with Gasteiger partial charge < -0.3 is 157 Å². The van der Waals surface area contributed by atoms with E-state index >= 15 is 0 Å². The molecule has 0 fully saturated rings. The zero-order valence-electron chi connectivity index (χ0n) is 79.7. The van der Waals surface area contributed by atoms with Crippen LogP contribution in [0.2, 0.25) is 0 Å². The third kappa shape index (κ3) is 49.9. The number of aryl methyl sites for hydroxylation is 1. The number of hydrogen-bond donors (Lipinski definition) is 10. The van der Waals surface area contributed by atoms with Gasteiger partial charge in [-0.1, -0.05) is 48.5 Å². The molecule has 11 rings (SSSR count). The van der Waals surface area contributed by atoms with E-state index < -0.39 is 91.1 Å². The maximum absolute atomic E-state index is 12.0. The first-order valence-electron chi connectivity index (χ1n) is 40.0. The Kier molecular flexibility index (Phi) is 71.9. The van der Waals surface area contributed by atoms with Gasteiger partial charge in [-0.05, 0) is 89.0 Å². The number of hydrogen-bond acceptors (Lipinski definition) is 46. The quantitative estimate of drug-likeness (QED) is 0.00557. The number of nitrogens with one attached hydrogen (secondary N) is 3. The van der Waals surface area contributed by atoms with Crippen LogP contribution in [-0.4, -0.2) is 257 Å². The topological polar surface area (TPSA) is 806 Å². The Labute approximate surface area is 939 Å². The maximum Gasteiger partial charge on any atom is 1.00 e. The molecule has 0 spiro atoms. The van der Waals surface area contributed by atoms with Crippen molar-refractivity contribution in [3.05, 3.63) is 93.1 Å². The standard InChI is InChI=1S/C15H17N5O4S.C9H13Cl2N5O7P2.2C9H15N5O7P2.C8H11N5O2.3C6H15N.6Na/c1-11-2-4-12(5-3-11)25(21,22)24-7-6-23-10-20-9-19-13-14(16)17-8-18-15(13)20;10-9(11,24(17,18)19)25(20,21)23-2-1-22-5-16-4-15-6-7(12)13-3-14-8(6)16;2*10-8-7-9(12-3-11-8)14(4-13-7)5-20-1-2-21-23(18,19)6-22(15,16)17;9-7-6-8(11-3-10-7)13(4-12-6)5-15-2-1-14;3*1-4-7(5-2)6-3;;;;;;/h2-5,8-9H,6-7,10H2,1H3,(H2,16,17,18);3-4H,1-2,5H2,(H,20,21)(H2,12,13,14)(H2,17,18,19);2*3-4H,1-2,5-6H2,(H,18,19)(H2,10,11,12)(H2,15,16,17);3-4,14H,1-2,5H2,(H2,9,10,11);3*4-6H2,1-3H3;;;;;;/q;;;;;;;;6*+1/p-5. The van der Waals surface area contributed by atoms with E-state index in [1.165, 1.54) is 142 Å². The van der Waals surface area contributed by atoms with Crippen molar-refractivity contribution in [1.29, 1.82) is 0 Å². The fourth-order valence-corrected chi connectivity index (χ4v) is 18.3. The number of halogens is 2. The molecule has 15 N–H and O–H groups in total. The van der Waals surface area contributed by atoms with Gasteiger partial charge in [0.05, 0.1) is 167 Å². The molecule has 4 atom stereocenters. The normalized spacial score (nSPS) is 13.0. The summed E-state index contributed by atoms with van der Waals surface area (Å²) in [5.74, 6) is -1.78. The molecule has 138 heavy (non-hydrogen) atoms. The predicted octanol–water partition coefficient (Wildman–Crippen LogP) is -22.5. The first-order chi connectivity index (χ1) is 62.2. The molecule has 0 amide bonds. The van der Waals surface area contributed by atoms with Crippen molar-refractivity contribution in [2.45, 2.75) is 112 Å². The second-order valence-corrected chi connectivity index (χ2v) is 42.6. The smallest absolute Gasteiger partial charge is 0.810 e. The number of alkyl halides is 2. The number of nitrogens with two attached hydrogens (primary N) is 5. The van der Waals surface area contributed by atoms with Crippen molar-refractivity contribution < 1.29 is 318 Å². The zero-order chi connectivity index (χ0) is 98.7. The largest absolute Gasteiger partial charge is 1.00 e. The molecule has 0 saturated heterocycles. The molecular weight excluding hydrogens is 2070 g/mol. The van der Waals surface area contributed by atoms with Crippen molar-refractivity contribution >= 4 is 164 Å². The number of aliphatic hydroxyl groups excluding tert-OH is 1. The van der Waals surface area contributed by atoms with Crippen molar-refractivity contribution in [2.75, 3.05) is 165 Å². The number of anilines is 5. The van der Waals surface area contributed by atoms with E-state index in [1.54, 1.807) is 42.3 Å². The van der Waals surface area contributed by atoms with Crippen LogP contribution in [0, 0.1) is 6.92 Å². The molecule has 0 aliphatic carbocycles. The molecule has 11 aromatic rings. The molecular formula is C68H111Cl2N28Na6O27P6S+. The Balaban J connectivity index is -0.00000156. The van der Waals surface area contributed by atoms with Crippen LogP contribution in [-0.2, 0) is 113 Å². The number of fused-ring (bicyclic) bond motifs is 5. The van der Waals surface area contributed by atoms with Gasteiger partial charge in [-0.25, -0.2) is 74.8 Å². The monoisotopic (exact) mass is 2180 g/mol.